The fourth-order valence-electron chi connectivity index (χ4n) is 5.04. The molecule has 5 heterocycles. The molecule has 1 unspecified atom stereocenters. The van der Waals surface area contributed by atoms with E-state index in [-0.39, 0.29) is 6.04 Å². The molecule has 4 aromatic heterocycles. The first-order valence-electron chi connectivity index (χ1n) is 13.0. The second-order valence-electron chi connectivity index (χ2n) is 9.91. The SMILES string of the molecule is CC1CN(c2cncc3[nH]c(-c4n[nH]c5ccc(-c6cncc(CNCc7ccccc7)c6)cc45)nc23)C=N1. The Morgan fingerprint density at radius 1 is 0.897 bits per heavy atom. The number of aromatic amines is 2. The Hall–Kier alpha value is -4.89. The summed E-state index contributed by atoms with van der Waals surface area (Å²) >= 11 is 0. The van der Waals surface area contributed by atoms with Crippen molar-refractivity contribution in [3.8, 4) is 22.6 Å². The van der Waals surface area contributed by atoms with E-state index in [4.69, 9.17) is 4.98 Å². The van der Waals surface area contributed by atoms with Gasteiger partial charge in [0.25, 0.3) is 0 Å². The molecule has 1 aliphatic rings. The van der Waals surface area contributed by atoms with Crippen LogP contribution in [0.5, 0.6) is 0 Å². The van der Waals surface area contributed by atoms with Gasteiger partial charge in [0.15, 0.2) is 5.82 Å². The number of aromatic nitrogens is 6. The first kappa shape index (κ1) is 23.2. The molecular weight excluding hydrogens is 486 g/mol. The summed E-state index contributed by atoms with van der Waals surface area (Å²) < 4.78 is 0. The van der Waals surface area contributed by atoms with Gasteiger partial charge in [-0.25, -0.2) is 4.98 Å². The lowest BCUT2D eigenvalue weighted by molar-refractivity contribution is 0.691. The molecule has 6 aromatic rings. The van der Waals surface area contributed by atoms with Crippen molar-refractivity contribution in [2.75, 3.05) is 11.4 Å². The van der Waals surface area contributed by atoms with Crippen molar-refractivity contribution < 1.29 is 0 Å². The molecule has 0 saturated carbocycles. The maximum absolute atomic E-state index is 4.95. The van der Waals surface area contributed by atoms with E-state index in [0.29, 0.717) is 5.82 Å². The Kier molecular flexibility index (Phi) is 5.82. The maximum atomic E-state index is 4.95. The third-order valence-corrected chi connectivity index (χ3v) is 7.02. The number of anilines is 1. The van der Waals surface area contributed by atoms with Crippen molar-refractivity contribution in [2.24, 2.45) is 4.99 Å². The molecule has 1 aliphatic heterocycles. The lowest BCUT2D eigenvalue weighted by atomic mass is 10.0. The molecule has 0 aliphatic carbocycles. The summed E-state index contributed by atoms with van der Waals surface area (Å²) in [5.41, 5.74) is 8.89. The number of nitrogens with zero attached hydrogens (tertiary/aromatic N) is 6. The van der Waals surface area contributed by atoms with Gasteiger partial charge in [-0.3, -0.25) is 20.1 Å². The second kappa shape index (κ2) is 9.77. The molecule has 0 amide bonds. The van der Waals surface area contributed by atoms with Gasteiger partial charge in [0.05, 0.1) is 41.5 Å². The van der Waals surface area contributed by atoms with E-state index in [1.807, 2.05) is 31.0 Å². The molecule has 0 radical (unpaired) electrons. The Labute approximate surface area is 225 Å². The van der Waals surface area contributed by atoms with Crippen LogP contribution in [0.2, 0.25) is 0 Å². The fourth-order valence-corrected chi connectivity index (χ4v) is 5.04. The van der Waals surface area contributed by atoms with Crippen molar-refractivity contribution in [3.05, 3.63) is 90.5 Å². The summed E-state index contributed by atoms with van der Waals surface area (Å²) in [6, 6.07) is 19.1. The third kappa shape index (κ3) is 4.53. The lowest BCUT2D eigenvalue weighted by Crippen LogP contribution is -2.21. The van der Waals surface area contributed by atoms with Gasteiger partial charge in [0, 0.05) is 43.0 Å². The van der Waals surface area contributed by atoms with Gasteiger partial charge < -0.3 is 15.2 Å². The highest BCUT2D eigenvalue weighted by atomic mass is 15.2. The van der Waals surface area contributed by atoms with E-state index in [2.05, 4.69) is 95.8 Å². The molecule has 7 rings (SSSR count). The Balaban J connectivity index is 1.18. The molecule has 9 heteroatoms. The van der Waals surface area contributed by atoms with Gasteiger partial charge in [0.1, 0.15) is 11.2 Å². The number of hydrogen-bond acceptors (Lipinski definition) is 7. The van der Waals surface area contributed by atoms with E-state index >= 15 is 0 Å². The van der Waals surface area contributed by atoms with E-state index in [0.717, 1.165) is 69.6 Å². The van der Waals surface area contributed by atoms with E-state index in [1.165, 1.54) is 5.56 Å². The molecule has 0 fully saturated rings. The largest absolute Gasteiger partial charge is 0.335 e. The zero-order valence-corrected chi connectivity index (χ0v) is 21.5. The zero-order chi connectivity index (χ0) is 26.2. The summed E-state index contributed by atoms with van der Waals surface area (Å²) in [5, 5.41) is 12.3. The summed E-state index contributed by atoms with van der Waals surface area (Å²) in [6.07, 6.45) is 9.32. The van der Waals surface area contributed by atoms with Crippen LogP contribution >= 0.6 is 0 Å². The number of H-pyrrole nitrogens is 2. The molecule has 1 atom stereocenters. The van der Waals surface area contributed by atoms with Crippen molar-refractivity contribution in [3.63, 3.8) is 0 Å². The molecule has 0 spiro atoms. The Bertz CT molecular complexity index is 1800. The molecular formula is C30H27N9. The number of rotatable bonds is 7. The van der Waals surface area contributed by atoms with Crippen LogP contribution in [0.3, 0.4) is 0 Å². The third-order valence-electron chi connectivity index (χ3n) is 7.02. The monoisotopic (exact) mass is 513 g/mol. The highest BCUT2D eigenvalue weighted by molar-refractivity contribution is 5.99. The average molecular weight is 514 g/mol. The molecule has 0 saturated heterocycles. The van der Waals surface area contributed by atoms with Crippen molar-refractivity contribution in [2.45, 2.75) is 26.1 Å². The highest BCUT2D eigenvalue weighted by Crippen LogP contribution is 2.32. The zero-order valence-electron chi connectivity index (χ0n) is 21.5. The smallest absolute Gasteiger partial charge is 0.159 e. The summed E-state index contributed by atoms with van der Waals surface area (Å²) in [4.78, 5) is 23.9. The van der Waals surface area contributed by atoms with E-state index in [9.17, 15) is 0 Å². The van der Waals surface area contributed by atoms with Gasteiger partial charge in [-0.05, 0) is 41.8 Å². The van der Waals surface area contributed by atoms with Crippen molar-refractivity contribution >= 4 is 34.0 Å². The predicted molar refractivity (Wildman–Crippen MR) is 154 cm³/mol. The van der Waals surface area contributed by atoms with E-state index in [1.54, 1.807) is 6.20 Å². The number of pyridine rings is 2. The second-order valence-corrected chi connectivity index (χ2v) is 9.91. The van der Waals surface area contributed by atoms with Crippen LogP contribution in [0.15, 0.2) is 84.4 Å². The molecule has 9 nitrogen and oxygen atoms in total. The quantitative estimate of drug-likeness (QED) is 0.274. The van der Waals surface area contributed by atoms with Crippen LogP contribution in [0.4, 0.5) is 5.69 Å². The first-order chi connectivity index (χ1) is 19.2. The fraction of sp³-hybridized carbons (Fsp3) is 0.167. The summed E-state index contributed by atoms with van der Waals surface area (Å²) in [5.74, 6) is 0.698. The minimum atomic E-state index is 0.250. The summed E-state index contributed by atoms with van der Waals surface area (Å²) in [6.45, 7) is 4.46. The Morgan fingerprint density at radius 3 is 2.64 bits per heavy atom. The number of imidazole rings is 1. The van der Waals surface area contributed by atoms with Crippen LogP contribution < -0.4 is 10.2 Å². The predicted octanol–water partition coefficient (Wildman–Crippen LogP) is 5.09. The first-order valence-corrected chi connectivity index (χ1v) is 13.0. The molecule has 0 bridgehead atoms. The minimum Gasteiger partial charge on any atom is -0.335 e. The van der Waals surface area contributed by atoms with Crippen LogP contribution in [0.25, 0.3) is 44.6 Å². The molecule has 192 valence electrons. The number of fused-ring (bicyclic) bond motifs is 2. The molecule has 3 N–H and O–H groups in total. The van der Waals surface area contributed by atoms with Crippen LogP contribution in [0.1, 0.15) is 18.1 Å². The van der Waals surface area contributed by atoms with Crippen molar-refractivity contribution in [1.82, 2.24) is 35.5 Å². The van der Waals surface area contributed by atoms with Crippen molar-refractivity contribution in [1.29, 1.82) is 0 Å². The number of nitrogens with one attached hydrogen (secondary N) is 3. The van der Waals surface area contributed by atoms with Crippen LogP contribution in [-0.2, 0) is 13.1 Å². The van der Waals surface area contributed by atoms with Gasteiger partial charge in [-0.1, -0.05) is 36.4 Å². The lowest BCUT2D eigenvalue weighted by Gasteiger charge is -2.14. The normalized spacial score (nSPS) is 15.1. The van der Waals surface area contributed by atoms with Crippen LogP contribution in [-0.4, -0.2) is 49.1 Å². The van der Waals surface area contributed by atoms with Gasteiger partial charge in [-0.2, -0.15) is 5.10 Å². The Morgan fingerprint density at radius 2 is 1.77 bits per heavy atom. The van der Waals surface area contributed by atoms with Gasteiger partial charge >= 0.3 is 0 Å². The van der Waals surface area contributed by atoms with E-state index < -0.39 is 0 Å². The van der Waals surface area contributed by atoms with Crippen LogP contribution in [0, 0.1) is 0 Å². The minimum absolute atomic E-state index is 0.250. The molecule has 39 heavy (non-hydrogen) atoms. The molecule has 2 aromatic carbocycles. The maximum Gasteiger partial charge on any atom is 0.159 e. The number of benzene rings is 2. The van der Waals surface area contributed by atoms with Gasteiger partial charge in [0.2, 0.25) is 0 Å². The standard InChI is InChI=1S/C30H27N9/c1-19-17-39(18-34-19)27-16-33-15-26-29(27)36-30(35-26)28-24-10-22(7-8-25(24)37-38-28)23-9-21(13-32-14-23)12-31-11-20-5-3-2-4-6-20/h2-10,13-16,18-19,31H,11-12,17H2,1H3,(H,35,36)(H,37,38). The highest BCUT2D eigenvalue weighted by Gasteiger charge is 2.20. The average Bonchev–Trinajstić information content (AvgIpc) is 3.71. The van der Waals surface area contributed by atoms with Gasteiger partial charge in [-0.15, -0.1) is 0 Å². The summed E-state index contributed by atoms with van der Waals surface area (Å²) in [7, 11) is 0. The number of aliphatic imine (C=N–C) groups is 1. The topological polar surface area (TPSA) is 111 Å². The number of hydrogen-bond donors (Lipinski definition) is 3.